The molecule has 2 aromatic carbocycles. The Morgan fingerprint density at radius 2 is 1.65 bits per heavy atom. The number of nitrogens with zero attached hydrogens (tertiary/aromatic N) is 3. The molecule has 0 aromatic heterocycles. The van der Waals surface area contributed by atoms with E-state index in [-0.39, 0.29) is 12.1 Å². The van der Waals surface area contributed by atoms with Crippen LogP contribution in [0.15, 0.2) is 72.5 Å². The normalized spacial score (nSPS) is 18.2. The molecule has 3 rings (SSSR count). The average molecular weight is 464 g/mol. The number of hydrogen-bond donors (Lipinski definition) is 0. The first-order chi connectivity index (χ1) is 16.3. The van der Waals surface area contributed by atoms with Gasteiger partial charge in [-0.1, -0.05) is 60.7 Å². The summed E-state index contributed by atoms with van der Waals surface area (Å²) in [6.07, 6.45) is 3.56. The molecule has 0 aliphatic carbocycles. The molecule has 1 aliphatic heterocycles. The van der Waals surface area contributed by atoms with E-state index in [0.717, 1.165) is 37.1 Å². The third-order valence-electron chi connectivity index (χ3n) is 7.23. The van der Waals surface area contributed by atoms with E-state index in [4.69, 9.17) is 4.74 Å². The highest BCUT2D eigenvalue weighted by molar-refractivity contribution is 5.69. The molecule has 5 heteroatoms. The average Bonchev–Trinajstić information content (AvgIpc) is 3.26. The van der Waals surface area contributed by atoms with Gasteiger partial charge in [-0.3, -0.25) is 0 Å². The summed E-state index contributed by atoms with van der Waals surface area (Å²) < 4.78 is 6.27. The molecule has 1 amide bonds. The van der Waals surface area contributed by atoms with E-state index in [0.29, 0.717) is 18.2 Å². The van der Waals surface area contributed by atoms with Gasteiger partial charge in [0.25, 0.3) is 0 Å². The number of ether oxygens (including phenoxy) is 1. The number of carbonyl (C=O) groups is 1. The van der Waals surface area contributed by atoms with E-state index in [1.807, 2.05) is 32.2 Å². The van der Waals surface area contributed by atoms with Crippen LogP contribution < -0.4 is 0 Å². The molecule has 1 aliphatic rings. The van der Waals surface area contributed by atoms with Crippen LogP contribution in [-0.4, -0.2) is 74.7 Å². The van der Waals surface area contributed by atoms with Crippen molar-refractivity contribution in [1.82, 2.24) is 14.7 Å². The van der Waals surface area contributed by atoms with Crippen LogP contribution in [0.5, 0.6) is 0 Å². The number of rotatable bonds is 9. The van der Waals surface area contributed by atoms with E-state index in [1.165, 1.54) is 0 Å². The van der Waals surface area contributed by atoms with Crippen LogP contribution >= 0.6 is 0 Å². The van der Waals surface area contributed by atoms with Gasteiger partial charge in [0, 0.05) is 26.2 Å². The molecule has 2 atom stereocenters. The van der Waals surface area contributed by atoms with Crippen LogP contribution in [0, 0.1) is 5.92 Å². The molecule has 5 nitrogen and oxygen atoms in total. The second kappa shape index (κ2) is 11.7. The minimum Gasteiger partial charge on any atom is -0.414 e. The summed E-state index contributed by atoms with van der Waals surface area (Å²) in [6.45, 7) is 7.00. The number of amides is 1. The maximum atomic E-state index is 13.3. The molecule has 1 saturated heterocycles. The molecule has 184 valence electrons. The van der Waals surface area contributed by atoms with E-state index in [2.05, 4.69) is 86.4 Å². The fraction of sp³-hybridized carbons (Fsp3) is 0.483. The lowest BCUT2D eigenvalue weighted by Crippen LogP contribution is -2.41. The van der Waals surface area contributed by atoms with Crippen molar-refractivity contribution in [2.75, 3.05) is 47.8 Å². The Morgan fingerprint density at radius 3 is 2.09 bits per heavy atom. The van der Waals surface area contributed by atoms with Crippen LogP contribution in [0.3, 0.4) is 0 Å². The summed E-state index contributed by atoms with van der Waals surface area (Å²) >= 11 is 0. The molecule has 0 bridgehead atoms. The highest BCUT2D eigenvalue weighted by Gasteiger charge is 2.42. The molecule has 0 radical (unpaired) electrons. The minimum atomic E-state index is -0.592. The van der Waals surface area contributed by atoms with E-state index in [1.54, 1.807) is 4.90 Å². The van der Waals surface area contributed by atoms with Gasteiger partial charge in [-0.2, -0.15) is 0 Å². The number of hydrogen-bond acceptors (Lipinski definition) is 4. The monoisotopic (exact) mass is 463 g/mol. The van der Waals surface area contributed by atoms with Crippen molar-refractivity contribution in [3.63, 3.8) is 0 Å². The van der Waals surface area contributed by atoms with Crippen molar-refractivity contribution >= 4 is 6.09 Å². The first-order valence-electron chi connectivity index (χ1n) is 12.3. The van der Waals surface area contributed by atoms with Gasteiger partial charge in [0.05, 0.1) is 5.41 Å². The quantitative estimate of drug-likeness (QED) is 0.477. The van der Waals surface area contributed by atoms with Gasteiger partial charge in [0.1, 0.15) is 5.76 Å². The summed E-state index contributed by atoms with van der Waals surface area (Å²) in [6, 6.07) is 21.1. The molecule has 1 fully saturated rings. The maximum Gasteiger partial charge on any atom is 0.414 e. The van der Waals surface area contributed by atoms with Crippen molar-refractivity contribution in [3.05, 3.63) is 83.6 Å². The Labute approximate surface area is 206 Å². The van der Waals surface area contributed by atoms with Crippen LogP contribution in [0.1, 0.15) is 37.8 Å². The smallest absolute Gasteiger partial charge is 0.414 e. The van der Waals surface area contributed by atoms with Crippen molar-refractivity contribution in [3.8, 4) is 0 Å². The fourth-order valence-corrected chi connectivity index (χ4v) is 5.06. The highest BCUT2D eigenvalue weighted by Crippen LogP contribution is 2.44. The molecule has 2 unspecified atom stereocenters. The van der Waals surface area contributed by atoms with Crippen LogP contribution in [0.2, 0.25) is 0 Å². The number of carbonyl (C=O) groups excluding carboxylic acids is 1. The van der Waals surface area contributed by atoms with Crippen molar-refractivity contribution in [2.24, 2.45) is 5.92 Å². The Morgan fingerprint density at radius 1 is 1.09 bits per heavy atom. The fourth-order valence-electron chi connectivity index (χ4n) is 5.06. The van der Waals surface area contributed by atoms with E-state index < -0.39 is 5.41 Å². The second-order valence-corrected chi connectivity index (χ2v) is 9.97. The zero-order chi connectivity index (χ0) is 24.7. The lowest BCUT2D eigenvalue weighted by atomic mass is 9.68. The maximum absolute atomic E-state index is 13.3. The Hall–Kier alpha value is -2.63. The molecular weight excluding hydrogens is 422 g/mol. The van der Waals surface area contributed by atoms with Crippen molar-refractivity contribution in [1.29, 1.82) is 0 Å². The topological polar surface area (TPSA) is 36.0 Å². The molecule has 0 saturated carbocycles. The third-order valence-corrected chi connectivity index (χ3v) is 7.23. The third kappa shape index (κ3) is 5.89. The number of likely N-dealkylation sites (tertiary alicyclic amines) is 1. The highest BCUT2D eigenvalue weighted by atomic mass is 16.6. The molecule has 0 N–H and O–H groups in total. The van der Waals surface area contributed by atoms with E-state index in [9.17, 15) is 4.79 Å². The molecular formula is C29H41N3O2. The van der Waals surface area contributed by atoms with Gasteiger partial charge in [-0.15, -0.1) is 0 Å². The van der Waals surface area contributed by atoms with Gasteiger partial charge >= 0.3 is 6.09 Å². The number of allylic oxidation sites excluding steroid dienone is 2. The van der Waals surface area contributed by atoms with Crippen molar-refractivity contribution < 1.29 is 9.53 Å². The van der Waals surface area contributed by atoms with Gasteiger partial charge in [0.2, 0.25) is 0 Å². The van der Waals surface area contributed by atoms with Gasteiger partial charge in [-0.05, 0) is 77.5 Å². The summed E-state index contributed by atoms with van der Waals surface area (Å²) in [5, 5.41) is 0. The number of benzene rings is 2. The summed E-state index contributed by atoms with van der Waals surface area (Å²) in [4.78, 5) is 19.6. The standard InChI is InChI=1S/C29H41N3O2/c1-7-27(34-28(33)32(6)22-24-18-19-31(5)21-24)29(20-23(2)30(3)4,25-14-10-8-11-15-25)26-16-12-9-13-17-26/h7-17,23-24H,18-22H2,1-6H3/b27-7-. The molecule has 2 aromatic rings. The van der Waals surface area contributed by atoms with Gasteiger partial charge in [-0.25, -0.2) is 4.79 Å². The SMILES string of the molecule is C/C=C(\OC(=O)N(C)CC1CCN(C)C1)C(CC(C)N(C)C)(c1ccccc1)c1ccccc1. The van der Waals surface area contributed by atoms with Gasteiger partial charge in [0.15, 0.2) is 0 Å². The summed E-state index contributed by atoms with van der Waals surface area (Å²) in [7, 11) is 8.18. The lowest BCUT2D eigenvalue weighted by molar-refractivity contribution is 0.117. The van der Waals surface area contributed by atoms with Crippen LogP contribution in [0.4, 0.5) is 4.79 Å². The molecule has 0 spiro atoms. The Bertz CT molecular complexity index is 903. The Balaban J connectivity index is 2.00. The van der Waals surface area contributed by atoms with Crippen molar-refractivity contribution in [2.45, 2.75) is 38.1 Å². The van der Waals surface area contributed by atoms with Gasteiger partial charge < -0.3 is 19.4 Å². The lowest BCUT2D eigenvalue weighted by Gasteiger charge is -2.40. The summed E-state index contributed by atoms with van der Waals surface area (Å²) in [5.41, 5.74) is 1.65. The van der Waals surface area contributed by atoms with Crippen LogP contribution in [0.25, 0.3) is 0 Å². The first kappa shape index (κ1) is 26.0. The van der Waals surface area contributed by atoms with E-state index >= 15 is 0 Å². The Kier molecular flexibility index (Phi) is 8.92. The predicted molar refractivity (Wildman–Crippen MR) is 140 cm³/mol. The second-order valence-electron chi connectivity index (χ2n) is 9.97. The molecule has 1 heterocycles. The molecule has 34 heavy (non-hydrogen) atoms. The minimum absolute atomic E-state index is 0.251. The largest absolute Gasteiger partial charge is 0.414 e. The zero-order valence-corrected chi connectivity index (χ0v) is 21.7. The summed E-state index contributed by atoms with van der Waals surface area (Å²) in [5.74, 6) is 1.16. The predicted octanol–water partition coefficient (Wildman–Crippen LogP) is 5.24. The zero-order valence-electron chi connectivity index (χ0n) is 21.7. The first-order valence-corrected chi connectivity index (χ1v) is 12.3. The van der Waals surface area contributed by atoms with Crippen LogP contribution in [-0.2, 0) is 10.2 Å².